The second-order valence-electron chi connectivity index (χ2n) is 6.30. The van der Waals surface area contributed by atoms with Crippen molar-refractivity contribution in [2.24, 2.45) is 5.92 Å². The number of halogens is 2. The zero-order chi connectivity index (χ0) is 17.3. The Labute approximate surface area is 139 Å². The number of hydrogen-bond acceptors (Lipinski definition) is 2. The third-order valence-corrected chi connectivity index (χ3v) is 4.82. The van der Waals surface area contributed by atoms with Crippen LogP contribution in [0.1, 0.15) is 29.3 Å². The van der Waals surface area contributed by atoms with E-state index in [1.807, 2.05) is 6.92 Å². The molecule has 0 spiro atoms. The maximum atomic E-state index is 14.1. The average Bonchev–Trinajstić information content (AvgIpc) is 3.23. The predicted molar refractivity (Wildman–Crippen MR) is 87.1 cm³/mol. The SMILES string of the molecule is COc1cccc(C(=O)NCC2(c3ccc(F)cc3F)CC2C)c1. The number of carbonyl (C=O) groups excluding carboxylic acids is 1. The minimum Gasteiger partial charge on any atom is -0.497 e. The summed E-state index contributed by atoms with van der Waals surface area (Å²) in [4.78, 5) is 12.3. The van der Waals surface area contributed by atoms with Crippen LogP contribution in [-0.4, -0.2) is 19.6 Å². The van der Waals surface area contributed by atoms with Crippen LogP contribution < -0.4 is 10.1 Å². The maximum Gasteiger partial charge on any atom is 0.251 e. The first kappa shape index (κ1) is 16.4. The molecule has 24 heavy (non-hydrogen) atoms. The molecular weight excluding hydrogens is 312 g/mol. The topological polar surface area (TPSA) is 38.3 Å². The van der Waals surface area contributed by atoms with Crippen LogP contribution in [0.2, 0.25) is 0 Å². The fourth-order valence-electron chi connectivity index (χ4n) is 3.20. The van der Waals surface area contributed by atoms with Gasteiger partial charge in [0.05, 0.1) is 7.11 Å². The standard InChI is InChI=1S/C19H19F2NO2/c1-12-10-19(12,16-7-6-14(20)9-17(16)21)11-22-18(23)13-4-3-5-15(8-13)24-2/h3-9,12H,10-11H2,1-2H3,(H,22,23). The van der Waals surface area contributed by atoms with Crippen LogP contribution in [-0.2, 0) is 5.41 Å². The molecule has 0 radical (unpaired) electrons. The highest BCUT2D eigenvalue weighted by Crippen LogP contribution is 2.54. The highest BCUT2D eigenvalue weighted by Gasteiger charge is 2.53. The molecule has 1 aliphatic carbocycles. The quantitative estimate of drug-likeness (QED) is 0.908. The number of methoxy groups -OCH3 is 1. The van der Waals surface area contributed by atoms with Crippen molar-refractivity contribution in [1.29, 1.82) is 0 Å². The molecule has 1 N–H and O–H groups in total. The number of amides is 1. The van der Waals surface area contributed by atoms with E-state index in [1.165, 1.54) is 19.2 Å². The van der Waals surface area contributed by atoms with Gasteiger partial charge in [-0.05, 0) is 42.2 Å². The van der Waals surface area contributed by atoms with Crippen LogP contribution in [0.3, 0.4) is 0 Å². The van der Waals surface area contributed by atoms with Gasteiger partial charge in [0.1, 0.15) is 17.4 Å². The molecule has 3 rings (SSSR count). The molecule has 1 fully saturated rings. The van der Waals surface area contributed by atoms with Gasteiger partial charge in [-0.1, -0.05) is 19.1 Å². The summed E-state index contributed by atoms with van der Waals surface area (Å²) >= 11 is 0. The minimum atomic E-state index is -0.597. The van der Waals surface area contributed by atoms with Crippen molar-refractivity contribution in [2.75, 3.05) is 13.7 Å². The van der Waals surface area contributed by atoms with E-state index in [2.05, 4.69) is 5.32 Å². The van der Waals surface area contributed by atoms with Crippen molar-refractivity contribution in [3.05, 3.63) is 65.2 Å². The van der Waals surface area contributed by atoms with Crippen LogP contribution in [0.4, 0.5) is 8.78 Å². The van der Waals surface area contributed by atoms with E-state index in [9.17, 15) is 13.6 Å². The van der Waals surface area contributed by atoms with Crippen molar-refractivity contribution < 1.29 is 18.3 Å². The van der Waals surface area contributed by atoms with Gasteiger partial charge in [0.15, 0.2) is 0 Å². The number of benzene rings is 2. The van der Waals surface area contributed by atoms with Crippen molar-refractivity contribution in [1.82, 2.24) is 5.32 Å². The Balaban J connectivity index is 1.75. The van der Waals surface area contributed by atoms with Crippen molar-refractivity contribution in [3.63, 3.8) is 0 Å². The third kappa shape index (κ3) is 2.98. The zero-order valence-electron chi connectivity index (χ0n) is 13.6. The Morgan fingerprint density at radius 2 is 2.04 bits per heavy atom. The fourth-order valence-corrected chi connectivity index (χ4v) is 3.20. The molecule has 0 bridgehead atoms. The first-order chi connectivity index (χ1) is 11.5. The molecule has 126 valence electrons. The Bertz CT molecular complexity index is 778. The largest absolute Gasteiger partial charge is 0.497 e. The molecule has 0 aliphatic heterocycles. The molecule has 2 aromatic rings. The van der Waals surface area contributed by atoms with Gasteiger partial charge in [0.25, 0.3) is 5.91 Å². The second-order valence-corrected chi connectivity index (χ2v) is 6.30. The molecule has 0 aromatic heterocycles. The first-order valence-corrected chi connectivity index (χ1v) is 7.84. The first-order valence-electron chi connectivity index (χ1n) is 7.84. The highest BCUT2D eigenvalue weighted by atomic mass is 19.1. The summed E-state index contributed by atoms with van der Waals surface area (Å²) in [6.45, 7) is 2.31. The summed E-state index contributed by atoms with van der Waals surface area (Å²) in [5.74, 6) is -0.574. The molecule has 0 heterocycles. The molecule has 1 amide bonds. The lowest BCUT2D eigenvalue weighted by Gasteiger charge is -2.19. The van der Waals surface area contributed by atoms with Crippen LogP contribution >= 0.6 is 0 Å². The van der Waals surface area contributed by atoms with E-state index < -0.39 is 17.0 Å². The van der Waals surface area contributed by atoms with Gasteiger partial charge in [-0.2, -0.15) is 0 Å². The normalized spacial score (nSPS) is 22.1. The average molecular weight is 331 g/mol. The molecule has 2 unspecified atom stereocenters. The van der Waals surface area contributed by atoms with Crippen LogP contribution in [0.15, 0.2) is 42.5 Å². The number of nitrogens with one attached hydrogen (secondary N) is 1. The summed E-state index contributed by atoms with van der Waals surface area (Å²) in [5.41, 5.74) is 0.478. The summed E-state index contributed by atoms with van der Waals surface area (Å²) < 4.78 is 32.4. The summed E-state index contributed by atoms with van der Waals surface area (Å²) in [7, 11) is 1.54. The van der Waals surface area contributed by atoms with E-state index in [0.717, 1.165) is 12.5 Å². The maximum absolute atomic E-state index is 14.1. The van der Waals surface area contributed by atoms with Gasteiger partial charge in [-0.15, -0.1) is 0 Å². The summed E-state index contributed by atoms with van der Waals surface area (Å²) in [5, 5.41) is 2.87. The Morgan fingerprint density at radius 1 is 1.29 bits per heavy atom. The lowest BCUT2D eigenvalue weighted by Crippen LogP contribution is -2.33. The summed E-state index contributed by atoms with van der Waals surface area (Å²) in [6.07, 6.45) is 0.758. The van der Waals surface area contributed by atoms with Crippen molar-refractivity contribution in [2.45, 2.75) is 18.8 Å². The van der Waals surface area contributed by atoms with Crippen LogP contribution in [0, 0.1) is 17.6 Å². The monoisotopic (exact) mass is 331 g/mol. The van der Waals surface area contributed by atoms with E-state index in [4.69, 9.17) is 4.74 Å². The molecule has 2 atom stereocenters. The smallest absolute Gasteiger partial charge is 0.251 e. The van der Waals surface area contributed by atoms with Gasteiger partial charge >= 0.3 is 0 Å². The van der Waals surface area contributed by atoms with E-state index in [-0.39, 0.29) is 11.8 Å². The van der Waals surface area contributed by atoms with Crippen LogP contribution in [0.25, 0.3) is 0 Å². The Kier molecular flexibility index (Phi) is 4.26. The summed E-state index contributed by atoms with van der Waals surface area (Å²) in [6, 6.07) is 10.5. The van der Waals surface area contributed by atoms with Gasteiger partial charge in [0, 0.05) is 23.6 Å². The molecule has 1 saturated carbocycles. The van der Waals surface area contributed by atoms with E-state index in [1.54, 1.807) is 24.3 Å². The lowest BCUT2D eigenvalue weighted by atomic mass is 9.92. The molecule has 2 aromatic carbocycles. The minimum absolute atomic E-state index is 0.225. The van der Waals surface area contributed by atoms with Gasteiger partial charge < -0.3 is 10.1 Å². The second kappa shape index (κ2) is 6.23. The van der Waals surface area contributed by atoms with Gasteiger partial charge in [-0.25, -0.2) is 8.78 Å². The van der Waals surface area contributed by atoms with E-state index >= 15 is 0 Å². The molecule has 1 aliphatic rings. The van der Waals surface area contributed by atoms with Crippen LogP contribution in [0.5, 0.6) is 5.75 Å². The molecular formula is C19H19F2NO2. The zero-order valence-corrected chi connectivity index (χ0v) is 13.6. The fraction of sp³-hybridized carbons (Fsp3) is 0.316. The van der Waals surface area contributed by atoms with Gasteiger partial charge in [-0.3, -0.25) is 4.79 Å². The third-order valence-electron chi connectivity index (χ3n) is 4.82. The predicted octanol–water partition coefficient (Wildman–Crippen LogP) is 3.68. The lowest BCUT2D eigenvalue weighted by molar-refractivity contribution is 0.0948. The Hall–Kier alpha value is -2.43. The molecule has 5 heteroatoms. The Morgan fingerprint density at radius 3 is 2.67 bits per heavy atom. The molecule has 3 nitrogen and oxygen atoms in total. The van der Waals surface area contributed by atoms with Crippen molar-refractivity contribution in [3.8, 4) is 5.75 Å². The molecule has 0 saturated heterocycles. The number of rotatable bonds is 5. The number of ether oxygens (including phenoxy) is 1. The number of carbonyl (C=O) groups is 1. The number of hydrogen-bond donors (Lipinski definition) is 1. The van der Waals surface area contributed by atoms with E-state index in [0.29, 0.717) is 23.4 Å². The van der Waals surface area contributed by atoms with Gasteiger partial charge in [0.2, 0.25) is 0 Å². The van der Waals surface area contributed by atoms with Crippen molar-refractivity contribution >= 4 is 5.91 Å². The highest BCUT2D eigenvalue weighted by molar-refractivity contribution is 5.94.